The van der Waals surface area contributed by atoms with Crippen molar-refractivity contribution in [1.82, 2.24) is 9.78 Å². The van der Waals surface area contributed by atoms with Crippen LogP contribution >= 0.6 is 0 Å². The predicted molar refractivity (Wildman–Crippen MR) is 65.4 cm³/mol. The Morgan fingerprint density at radius 3 is 2.56 bits per heavy atom. The first kappa shape index (κ1) is 13.2. The van der Waals surface area contributed by atoms with E-state index in [-0.39, 0.29) is 17.9 Å². The minimum absolute atomic E-state index is 0.0134. The Balaban J connectivity index is 3.11. The highest BCUT2D eigenvalue weighted by Gasteiger charge is 2.25. The van der Waals surface area contributed by atoms with Crippen molar-refractivity contribution in [2.24, 2.45) is 12.8 Å². The zero-order chi connectivity index (χ0) is 12.3. The Hall–Kier alpha value is -0.870. The second kappa shape index (κ2) is 4.97. The minimum Gasteiger partial charge on any atom is -0.396 e. The van der Waals surface area contributed by atoms with Crippen LogP contribution in [0.2, 0.25) is 0 Å². The maximum absolute atomic E-state index is 9.05. The minimum atomic E-state index is 0.0134. The molecule has 1 aromatic heterocycles. The number of aliphatic hydroxyl groups is 1. The summed E-state index contributed by atoms with van der Waals surface area (Å²) in [5.41, 5.74) is 8.03. The van der Waals surface area contributed by atoms with Gasteiger partial charge in [-0.2, -0.15) is 5.10 Å². The first-order chi connectivity index (χ1) is 7.40. The van der Waals surface area contributed by atoms with Gasteiger partial charge in [0.15, 0.2) is 0 Å². The van der Waals surface area contributed by atoms with Gasteiger partial charge in [-0.05, 0) is 18.5 Å². The topological polar surface area (TPSA) is 64.1 Å². The van der Waals surface area contributed by atoms with Crippen molar-refractivity contribution in [2.45, 2.75) is 38.5 Å². The van der Waals surface area contributed by atoms with Crippen molar-refractivity contribution in [3.63, 3.8) is 0 Å². The van der Waals surface area contributed by atoms with Crippen LogP contribution < -0.4 is 5.73 Å². The highest BCUT2D eigenvalue weighted by atomic mass is 16.3. The van der Waals surface area contributed by atoms with Crippen LogP contribution in [-0.4, -0.2) is 28.0 Å². The number of nitrogens with zero attached hydrogens (tertiary/aromatic N) is 2. The third-order valence-electron chi connectivity index (χ3n) is 2.77. The van der Waals surface area contributed by atoms with E-state index in [0.29, 0.717) is 13.0 Å². The molecule has 0 saturated heterocycles. The molecule has 0 bridgehead atoms. The monoisotopic (exact) mass is 225 g/mol. The Morgan fingerprint density at radius 1 is 1.50 bits per heavy atom. The Morgan fingerprint density at radius 2 is 2.12 bits per heavy atom. The highest BCUT2D eigenvalue weighted by molar-refractivity contribution is 5.28. The average molecular weight is 225 g/mol. The Kier molecular flexibility index (Phi) is 4.10. The number of hydrogen-bond acceptors (Lipinski definition) is 3. The summed E-state index contributed by atoms with van der Waals surface area (Å²) in [6, 6.07) is 0. The fourth-order valence-corrected chi connectivity index (χ4v) is 1.94. The van der Waals surface area contributed by atoms with E-state index in [2.05, 4.69) is 25.9 Å². The van der Waals surface area contributed by atoms with E-state index in [1.54, 1.807) is 0 Å². The lowest BCUT2D eigenvalue weighted by atomic mass is 9.84. The molecule has 3 N–H and O–H groups in total. The van der Waals surface area contributed by atoms with Gasteiger partial charge in [0.1, 0.15) is 0 Å². The van der Waals surface area contributed by atoms with Crippen LogP contribution in [-0.2, 0) is 12.5 Å². The molecule has 1 atom stereocenters. The van der Waals surface area contributed by atoms with Gasteiger partial charge in [0, 0.05) is 31.2 Å². The van der Waals surface area contributed by atoms with Crippen LogP contribution in [0.5, 0.6) is 0 Å². The molecular weight excluding hydrogens is 202 g/mol. The van der Waals surface area contributed by atoms with Crippen molar-refractivity contribution in [3.8, 4) is 0 Å². The molecule has 4 heteroatoms. The molecule has 0 fully saturated rings. The maximum atomic E-state index is 9.05. The normalized spacial score (nSPS) is 14.1. The Labute approximate surface area is 97.5 Å². The first-order valence-electron chi connectivity index (χ1n) is 5.75. The maximum Gasteiger partial charge on any atom is 0.0713 e. The fraction of sp³-hybridized carbons (Fsp3) is 0.750. The molecule has 1 unspecified atom stereocenters. The van der Waals surface area contributed by atoms with E-state index in [1.165, 1.54) is 5.56 Å². The summed E-state index contributed by atoms with van der Waals surface area (Å²) in [6.07, 6.45) is 2.72. The second-order valence-corrected chi connectivity index (χ2v) is 5.30. The van der Waals surface area contributed by atoms with Crippen molar-refractivity contribution in [2.75, 3.05) is 13.2 Å². The molecule has 1 rings (SSSR count). The second-order valence-electron chi connectivity index (χ2n) is 5.30. The van der Waals surface area contributed by atoms with Gasteiger partial charge < -0.3 is 10.8 Å². The summed E-state index contributed by atoms with van der Waals surface area (Å²) < 4.78 is 1.83. The molecule has 0 radical (unpaired) electrons. The molecule has 0 amide bonds. The Bertz CT molecular complexity index is 339. The number of rotatable bonds is 4. The van der Waals surface area contributed by atoms with Gasteiger partial charge in [0.2, 0.25) is 0 Å². The van der Waals surface area contributed by atoms with Crippen LogP contribution in [0, 0.1) is 0 Å². The zero-order valence-corrected chi connectivity index (χ0v) is 10.7. The smallest absolute Gasteiger partial charge is 0.0713 e. The molecule has 0 saturated carbocycles. The molecule has 92 valence electrons. The number of hydrogen-bond donors (Lipinski definition) is 2. The number of aromatic nitrogens is 2. The lowest BCUT2D eigenvalue weighted by Crippen LogP contribution is -2.20. The average Bonchev–Trinajstić information content (AvgIpc) is 2.56. The quantitative estimate of drug-likeness (QED) is 0.807. The third-order valence-corrected chi connectivity index (χ3v) is 2.77. The third kappa shape index (κ3) is 2.83. The molecule has 0 aliphatic rings. The van der Waals surface area contributed by atoms with Crippen LogP contribution in [0.15, 0.2) is 6.20 Å². The predicted octanol–water partition coefficient (Wildman–Crippen LogP) is 1.14. The SMILES string of the molecule is Cn1cc(C(CN)CCO)c(C(C)(C)C)n1. The van der Waals surface area contributed by atoms with Crippen molar-refractivity contribution >= 4 is 0 Å². The summed E-state index contributed by atoms with van der Waals surface area (Å²) in [4.78, 5) is 0. The summed E-state index contributed by atoms with van der Waals surface area (Å²) in [7, 11) is 1.92. The lowest BCUT2D eigenvalue weighted by Gasteiger charge is -2.21. The highest BCUT2D eigenvalue weighted by Crippen LogP contribution is 2.30. The lowest BCUT2D eigenvalue weighted by molar-refractivity contribution is 0.276. The van der Waals surface area contributed by atoms with E-state index >= 15 is 0 Å². The summed E-state index contributed by atoms with van der Waals surface area (Å²) in [5.74, 6) is 0.202. The molecule has 0 aliphatic carbocycles. The van der Waals surface area contributed by atoms with Crippen molar-refractivity contribution in [3.05, 3.63) is 17.5 Å². The van der Waals surface area contributed by atoms with Gasteiger partial charge in [0.05, 0.1) is 5.69 Å². The van der Waals surface area contributed by atoms with Gasteiger partial charge in [0.25, 0.3) is 0 Å². The van der Waals surface area contributed by atoms with Crippen LogP contribution in [0.4, 0.5) is 0 Å². The van der Waals surface area contributed by atoms with Gasteiger partial charge in [-0.1, -0.05) is 20.8 Å². The standard InChI is InChI=1S/C12H23N3O/c1-12(2,3)11-10(8-15(4)14-11)9(7-13)5-6-16/h8-9,16H,5-7,13H2,1-4H3. The summed E-state index contributed by atoms with van der Waals surface area (Å²) in [5, 5.41) is 13.6. The van der Waals surface area contributed by atoms with Crippen molar-refractivity contribution < 1.29 is 5.11 Å². The van der Waals surface area contributed by atoms with Crippen LogP contribution in [0.1, 0.15) is 44.4 Å². The molecule has 0 aliphatic heterocycles. The van der Waals surface area contributed by atoms with Gasteiger partial charge in [-0.3, -0.25) is 4.68 Å². The number of aliphatic hydroxyl groups excluding tert-OH is 1. The van der Waals surface area contributed by atoms with Gasteiger partial charge in [-0.15, -0.1) is 0 Å². The fourth-order valence-electron chi connectivity index (χ4n) is 1.94. The molecule has 16 heavy (non-hydrogen) atoms. The van der Waals surface area contributed by atoms with E-state index in [0.717, 1.165) is 5.69 Å². The molecular formula is C12H23N3O. The summed E-state index contributed by atoms with van der Waals surface area (Å²) in [6.45, 7) is 7.15. The molecule has 1 aromatic rings. The van der Waals surface area contributed by atoms with E-state index < -0.39 is 0 Å². The molecule has 0 spiro atoms. The molecule has 4 nitrogen and oxygen atoms in total. The van der Waals surface area contributed by atoms with Gasteiger partial charge in [-0.25, -0.2) is 0 Å². The van der Waals surface area contributed by atoms with E-state index in [4.69, 9.17) is 10.8 Å². The molecule has 0 aromatic carbocycles. The van der Waals surface area contributed by atoms with Gasteiger partial charge >= 0.3 is 0 Å². The first-order valence-corrected chi connectivity index (χ1v) is 5.75. The number of nitrogens with two attached hydrogens (primary N) is 1. The zero-order valence-electron chi connectivity index (χ0n) is 10.7. The van der Waals surface area contributed by atoms with E-state index in [1.807, 2.05) is 17.9 Å². The number of aryl methyl sites for hydroxylation is 1. The van der Waals surface area contributed by atoms with Crippen LogP contribution in [0.3, 0.4) is 0 Å². The summed E-state index contributed by atoms with van der Waals surface area (Å²) >= 11 is 0. The largest absolute Gasteiger partial charge is 0.396 e. The molecule has 1 heterocycles. The van der Waals surface area contributed by atoms with E-state index in [9.17, 15) is 0 Å². The van der Waals surface area contributed by atoms with Crippen LogP contribution in [0.25, 0.3) is 0 Å². The van der Waals surface area contributed by atoms with Crippen molar-refractivity contribution in [1.29, 1.82) is 0 Å².